The zero-order valence-corrected chi connectivity index (χ0v) is 6.64. The Balaban J connectivity index is 0. The van der Waals surface area contributed by atoms with E-state index in [1.54, 1.807) is 6.92 Å². The third-order valence-electron chi connectivity index (χ3n) is 0.528. The highest BCUT2D eigenvalue weighted by Crippen LogP contribution is 1.74. The van der Waals surface area contributed by atoms with Crippen LogP contribution in [-0.2, 0) is 4.79 Å². The number of carboxylic acid groups (broad SMARTS) is 1. The summed E-state index contributed by atoms with van der Waals surface area (Å²) in [6.45, 7) is 1.95. The van der Waals surface area contributed by atoms with E-state index in [1.807, 2.05) is 0 Å². The number of aliphatic carboxylic acids is 1. The molecule has 0 amide bonds. The number of nitrogens with two attached hydrogens (primary N) is 2. The fraction of sp³-hybridized carbons (Fsp3) is 0.800. The minimum Gasteiger partial charge on any atom is -0.481 e. The predicted octanol–water partition coefficient (Wildman–Crippen LogP) is -0.0503. The van der Waals surface area contributed by atoms with Gasteiger partial charge in [-0.15, -0.1) is 11.6 Å². The lowest BCUT2D eigenvalue weighted by Gasteiger charge is -1.89. The van der Waals surface area contributed by atoms with Crippen LogP contribution in [0.2, 0.25) is 0 Å². The molecule has 0 aromatic rings. The number of hydrogen-bond acceptors (Lipinski definition) is 3. The number of alkyl halides is 1. The summed E-state index contributed by atoms with van der Waals surface area (Å²) >= 11 is 5.11. The Labute approximate surface area is 65.1 Å². The number of carboxylic acids is 1. The Hall–Kier alpha value is -0.320. The van der Waals surface area contributed by atoms with E-state index < -0.39 is 5.97 Å². The van der Waals surface area contributed by atoms with Crippen LogP contribution in [0.15, 0.2) is 0 Å². The van der Waals surface area contributed by atoms with Crippen LogP contribution in [0.5, 0.6) is 0 Å². The highest BCUT2D eigenvalue weighted by atomic mass is 35.5. The van der Waals surface area contributed by atoms with E-state index in [1.165, 1.54) is 0 Å². The Morgan fingerprint density at radius 1 is 1.80 bits per heavy atom. The smallest absolute Gasteiger partial charge is 0.303 e. The molecule has 62 valence electrons. The molecule has 0 rings (SSSR count). The summed E-state index contributed by atoms with van der Waals surface area (Å²) in [6, 6.07) is 0. The summed E-state index contributed by atoms with van der Waals surface area (Å²) in [5.41, 5.74) is 9.48. The van der Waals surface area contributed by atoms with Gasteiger partial charge in [0.15, 0.2) is 0 Å². The van der Waals surface area contributed by atoms with Crippen LogP contribution in [-0.4, -0.2) is 23.1 Å². The molecule has 5 N–H and O–H groups in total. The Morgan fingerprint density at radius 3 is 2.00 bits per heavy atom. The second kappa shape index (κ2) is 8.68. The van der Waals surface area contributed by atoms with E-state index >= 15 is 0 Å². The van der Waals surface area contributed by atoms with E-state index in [9.17, 15) is 4.79 Å². The Bertz CT molecular complexity index is 87.7. The van der Waals surface area contributed by atoms with Crippen LogP contribution in [0.3, 0.4) is 0 Å². The quantitative estimate of drug-likeness (QED) is 0.399. The molecular weight excluding hydrogens is 156 g/mol. The molecule has 0 saturated carbocycles. The van der Waals surface area contributed by atoms with Gasteiger partial charge in [-0.1, -0.05) is 6.92 Å². The van der Waals surface area contributed by atoms with Crippen LogP contribution in [0, 0.1) is 0 Å². The predicted molar refractivity (Wildman–Crippen MR) is 40.8 cm³/mol. The molecule has 0 aliphatic rings. The molecule has 0 spiro atoms. The summed E-state index contributed by atoms with van der Waals surface area (Å²) in [5.74, 6) is -0.745. The normalized spacial score (nSPS) is 11.2. The van der Waals surface area contributed by atoms with Crippen molar-refractivity contribution in [1.29, 1.82) is 0 Å². The SMILES string of the molecule is CCC(=O)O.NC[C@@H](N)Cl. The first-order valence-electron chi connectivity index (χ1n) is 2.86. The van der Waals surface area contributed by atoms with E-state index in [-0.39, 0.29) is 11.9 Å². The average molecular weight is 169 g/mol. The van der Waals surface area contributed by atoms with E-state index in [4.69, 9.17) is 28.2 Å². The molecule has 0 bridgehead atoms. The van der Waals surface area contributed by atoms with Crippen LogP contribution in [0.1, 0.15) is 13.3 Å². The zero-order chi connectivity index (χ0) is 8.57. The van der Waals surface area contributed by atoms with E-state index in [0.29, 0.717) is 6.54 Å². The largest absolute Gasteiger partial charge is 0.481 e. The maximum Gasteiger partial charge on any atom is 0.303 e. The molecule has 0 fully saturated rings. The molecular formula is C5H13ClN2O2. The van der Waals surface area contributed by atoms with Gasteiger partial charge in [-0.05, 0) is 0 Å². The van der Waals surface area contributed by atoms with Crippen molar-refractivity contribution >= 4 is 17.6 Å². The number of rotatable bonds is 2. The van der Waals surface area contributed by atoms with Gasteiger partial charge in [0.05, 0.1) is 5.50 Å². The lowest BCUT2D eigenvalue weighted by atomic mass is 10.5. The van der Waals surface area contributed by atoms with Crippen LogP contribution >= 0.6 is 11.6 Å². The summed E-state index contributed by atoms with van der Waals surface area (Å²) in [5, 5.41) is 7.72. The molecule has 0 aliphatic carbocycles. The van der Waals surface area contributed by atoms with Crippen molar-refractivity contribution in [2.75, 3.05) is 6.54 Å². The lowest BCUT2D eigenvalue weighted by Crippen LogP contribution is -2.22. The minimum absolute atomic E-state index is 0.222. The molecule has 0 aromatic heterocycles. The van der Waals surface area contributed by atoms with Crippen molar-refractivity contribution in [1.82, 2.24) is 0 Å². The monoisotopic (exact) mass is 168 g/mol. The summed E-state index contributed by atoms with van der Waals surface area (Å²) in [4.78, 5) is 9.37. The fourth-order valence-corrected chi connectivity index (χ4v) is 0. The van der Waals surface area contributed by atoms with Gasteiger partial charge in [-0.3, -0.25) is 4.79 Å². The van der Waals surface area contributed by atoms with Gasteiger partial charge < -0.3 is 16.6 Å². The van der Waals surface area contributed by atoms with Gasteiger partial charge in [-0.2, -0.15) is 0 Å². The van der Waals surface area contributed by atoms with Gasteiger partial charge in [0.25, 0.3) is 0 Å². The number of halogens is 1. The van der Waals surface area contributed by atoms with Crippen LogP contribution in [0.25, 0.3) is 0 Å². The average Bonchev–Trinajstić information content (AvgIpc) is 1.89. The lowest BCUT2D eigenvalue weighted by molar-refractivity contribution is -0.136. The molecule has 1 atom stereocenters. The van der Waals surface area contributed by atoms with Crippen molar-refractivity contribution in [2.45, 2.75) is 18.8 Å². The topological polar surface area (TPSA) is 89.3 Å². The van der Waals surface area contributed by atoms with Crippen molar-refractivity contribution in [3.63, 3.8) is 0 Å². The molecule has 4 nitrogen and oxygen atoms in total. The highest BCUT2D eigenvalue weighted by Gasteiger charge is 1.83. The Morgan fingerprint density at radius 2 is 2.00 bits per heavy atom. The summed E-state index contributed by atoms with van der Waals surface area (Å²) in [6.07, 6.45) is 0.222. The first-order valence-corrected chi connectivity index (χ1v) is 3.29. The van der Waals surface area contributed by atoms with Crippen molar-refractivity contribution in [3.05, 3.63) is 0 Å². The van der Waals surface area contributed by atoms with Gasteiger partial charge in [0, 0.05) is 13.0 Å². The number of carbonyl (C=O) groups is 1. The van der Waals surface area contributed by atoms with Crippen molar-refractivity contribution < 1.29 is 9.90 Å². The second-order valence-corrected chi connectivity index (χ2v) is 2.06. The molecule has 5 heteroatoms. The standard InChI is InChI=1S/C3H6O2.C2H7ClN2/c1-2-3(4)5;3-2(5)1-4/h2H2,1H3,(H,4,5);2H,1,4-5H2/t;2-/m.1/s1. The molecule has 0 unspecified atom stereocenters. The van der Waals surface area contributed by atoms with Crippen LogP contribution in [0.4, 0.5) is 0 Å². The minimum atomic E-state index is -0.745. The fourth-order valence-electron chi connectivity index (χ4n) is 0. The molecule has 0 aromatic carbocycles. The number of hydrogen-bond donors (Lipinski definition) is 3. The van der Waals surface area contributed by atoms with Crippen LogP contribution < -0.4 is 11.5 Å². The highest BCUT2D eigenvalue weighted by molar-refractivity contribution is 6.20. The third kappa shape index (κ3) is 25.3. The molecule has 0 radical (unpaired) electrons. The maximum atomic E-state index is 9.37. The van der Waals surface area contributed by atoms with Gasteiger partial charge in [0.2, 0.25) is 0 Å². The molecule has 0 aliphatic heterocycles. The molecule has 0 heterocycles. The van der Waals surface area contributed by atoms with Crippen molar-refractivity contribution in [3.8, 4) is 0 Å². The van der Waals surface area contributed by atoms with Crippen molar-refractivity contribution in [2.24, 2.45) is 11.5 Å². The molecule has 10 heavy (non-hydrogen) atoms. The van der Waals surface area contributed by atoms with E-state index in [0.717, 1.165) is 0 Å². The third-order valence-corrected chi connectivity index (χ3v) is 0.706. The first-order chi connectivity index (χ1) is 4.54. The van der Waals surface area contributed by atoms with Gasteiger partial charge >= 0.3 is 5.97 Å². The zero-order valence-electron chi connectivity index (χ0n) is 5.88. The molecule has 0 saturated heterocycles. The van der Waals surface area contributed by atoms with E-state index in [2.05, 4.69) is 0 Å². The van der Waals surface area contributed by atoms with Gasteiger partial charge in [-0.25, -0.2) is 0 Å². The summed E-state index contributed by atoms with van der Waals surface area (Å²) < 4.78 is 0. The van der Waals surface area contributed by atoms with Gasteiger partial charge in [0.1, 0.15) is 0 Å². The summed E-state index contributed by atoms with van der Waals surface area (Å²) in [7, 11) is 0. The maximum absolute atomic E-state index is 9.37. The Kier molecular flexibility index (Phi) is 10.7. The second-order valence-electron chi connectivity index (χ2n) is 1.50. The first kappa shape index (κ1) is 12.4.